The number of aromatic nitrogens is 1. The van der Waals surface area contributed by atoms with Gasteiger partial charge in [0.2, 0.25) is 0 Å². The molecule has 1 aliphatic carbocycles. The first-order valence-electron chi connectivity index (χ1n) is 7.36. The molecule has 98 valence electrons. The molecule has 2 aliphatic rings. The molecule has 3 nitrogen and oxygen atoms in total. The summed E-state index contributed by atoms with van der Waals surface area (Å²) >= 11 is 0. The Bertz CT molecular complexity index is 379. The third-order valence-electron chi connectivity index (χ3n) is 4.19. The Morgan fingerprint density at radius 2 is 2.00 bits per heavy atom. The van der Waals surface area contributed by atoms with Crippen LogP contribution in [0.3, 0.4) is 0 Å². The van der Waals surface area contributed by atoms with Crippen LogP contribution in [0.25, 0.3) is 0 Å². The van der Waals surface area contributed by atoms with Crippen molar-refractivity contribution in [2.45, 2.75) is 50.5 Å². The molecule has 1 atom stereocenters. The van der Waals surface area contributed by atoms with Crippen molar-refractivity contribution in [3.05, 3.63) is 23.9 Å². The zero-order valence-corrected chi connectivity index (χ0v) is 11.0. The lowest BCUT2D eigenvalue weighted by atomic mass is 9.96. The summed E-state index contributed by atoms with van der Waals surface area (Å²) in [4.78, 5) is 4.81. The number of rotatable bonds is 3. The highest BCUT2D eigenvalue weighted by molar-refractivity contribution is 5.37. The van der Waals surface area contributed by atoms with Crippen LogP contribution in [0.1, 0.15) is 50.1 Å². The van der Waals surface area contributed by atoms with E-state index in [1.165, 1.54) is 44.2 Å². The number of anilines is 1. The molecule has 0 radical (unpaired) electrons. The maximum atomic E-state index is 4.81. The number of nitrogens with zero attached hydrogens (tertiary/aromatic N) is 1. The van der Waals surface area contributed by atoms with Gasteiger partial charge in [0.1, 0.15) is 5.82 Å². The second-order valence-electron chi connectivity index (χ2n) is 5.62. The van der Waals surface area contributed by atoms with E-state index >= 15 is 0 Å². The second-order valence-corrected chi connectivity index (χ2v) is 5.62. The van der Waals surface area contributed by atoms with Gasteiger partial charge in [-0.05, 0) is 44.4 Å². The summed E-state index contributed by atoms with van der Waals surface area (Å²) in [5.74, 6) is 1.68. The van der Waals surface area contributed by atoms with E-state index in [2.05, 4.69) is 28.8 Å². The fourth-order valence-electron chi connectivity index (χ4n) is 3.14. The first kappa shape index (κ1) is 12.0. The summed E-state index contributed by atoms with van der Waals surface area (Å²) in [7, 11) is 0. The van der Waals surface area contributed by atoms with Crippen molar-refractivity contribution in [1.82, 2.24) is 10.3 Å². The zero-order chi connectivity index (χ0) is 12.2. The van der Waals surface area contributed by atoms with E-state index in [4.69, 9.17) is 4.98 Å². The molecular formula is C15H23N3. The smallest absolute Gasteiger partial charge is 0.126 e. The molecule has 0 unspecified atom stereocenters. The SMILES string of the molecule is c1cc(NC2CCCC2)nc([C@@H]2CCCNC2)c1. The molecule has 1 saturated carbocycles. The van der Waals surface area contributed by atoms with Crippen molar-refractivity contribution in [1.29, 1.82) is 0 Å². The number of nitrogens with one attached hydrogen (secondary N) is 2. The van der Waals surface area contributed by atoms with Gasteiger partial charge in [0.15, 0.2) is 0 Å². The third-order valence-corrected chi connectivity index (χ3v) is 4.19. The Kier molecular flexibility index (Phi) is 3.79. The van der Waals surface area contributed by atoms with Gasteiger partial charge >= 0.3 is 0 Å². The summed E-state index contributed by atoms with van der Waals surface area (Å²) in [5, 5.41) is 7.05. The fourth-order valence-corrected chi connectivity index (χ4v) is 3.14. The van der Waals surface area contributed by atoms with Crippen molar-refractivity contribution >= 4 is 5.82 Å². The maximum Gasteiger partial charge on any atom is 0.126 e. The van der Waals surface area contributed by atoms with Crippen molar-refractivity contribution in [3.8, 4) is 0 Å². The summed E-state index contributed by atoms with van der Waals surface area (Å²) in [5.41, 5.74) is 1.25. The van der Waals surface area contributed by atoms with Gasteiger partial charge in [0.25, 0.3) is 0 Å². The van der Waals surface area contributed by atoms with E-state index in [0.717, 1.165) is 18.9 Å². The van der Waals surface area contributed by atoms with Gasteiger partial charge in [-0.3, -0.25) is 0 Å². The molecule has 3 rings (SSSR count). The molecule has 0 spiro atoms. The van der Waals surface area contributed by atoms with Gasteiger partial charge in [-0.1, -0.05) is 18.9 Å². The lowest BCUT2D eigenvalue weighted by Crippen LogP contribution is -2.29. The van der Waals surface area contributed by atoms with E-state index < -0.39 is 0 Å². The first-order valence-corrected chi connectivity index (χ1v) is 7.36. The van der Waals surface area contributed by atoms with E-state index in [-0.39, 0.29) is 0 Å². The molecule has 3 heteroatoms. The predicted molar refractivity (Wildman–Crippen MR) is 75.0 cm³/mol. The second kappa shape index (κ2) is 5.70. The quantitative estimate of drug-likeness (QED) is 0.859. The monoisotopic (exact) mass is 245 g/mol. The van der Waals surface area contributed by atoms with E-state index in [1.54, 1.807) is 0 Å². The number of hydrogen-bond donors (Lipinski definition) is 2. The average molecular weight is 245 g/mol. The molecule has 1 saturated heterocycles. The average Bonchev–Trinajstić information content (AvgIpc) is 2.93. The van der Waals surface area contributed by atoms with E-state index in [0.29, 0.717) is 12.0 Å². The molecule has 2 fully saturated rings. The van der Waals surface area contributed by atoms with Gasteiger partial charge in [-0.15, -0.1) is 0 Å². The summed E-state index contributed by atoms with van der Waals surface area (Å²) < 4.78 is 0. The number of hydrogen-bond acceptors (Lipinski definition) is 3. The van der Waals surface area contributed by atoms with Crippen LogP contribution in [0.15, 0.2) is 18.2 Å². The molecular weight excluding hydrogens is 222 g/mol. The first-order chi connectivity index (χ1) is 8.92. The van der Waals surface area contributed by atoms with Crippen LogP contribution >= 0.6 is 0 Å². The summed E-state index contributed by atoms with van der Waals surface area (Å²) in [6.45, 7) is 2.25. The Hall–Kier alpha value is -1.09. The van der Waals surface area contributed by atoms with E-state index in [1.807, 2.05) is 0 Å². The molecule has 1 aliphatic heterocycles. The molecule has 2 heterocycles. The Balaban J connectivity index is 1.67. The van der Waals surface area contributed by atoms with E-state index in [9.17, 15) is 0 Å². The van der Waals surface area contributed by atoms with Crippen molar-refractivity contribution in [2.75, 3.05) is 18.4 Å². The van der Waals surface area contributed by atoms with Crippen LogP contribution in [-0.4, -0.2) is 24.1 Å². The third kappa shape index (κ3) is 2.83. The van der Waals surface area contributed by atoms with Gasteiger partial charge in [0.05, 0.1) is 0 Å². The summed E-state index contributed by atoms with van der Waals surface area (Å²) in [6, 6.07) is 7.08. The van der Waals surface area contributed by atoms with Gasteiger partial charge in [-0.25, -0.2) is 4.98 Å². The number of pyridine rings is 1. The minimum atomic E-state index is 0.601. The Morgan fingerprint density at radius 3 is 2.78 bits per heavy atom. The molecule has 2 N–H and O–H groups in total. The topological polar surface area (TPSA) is 37.0 Å². The van der Waals surface area contributed by atoms with Gasteiger partial charge < -0.3 is 10.6 Å². The van der Waals surface area contributed by atoms with Gasteiger partial charge in [-0.2, -0.15) is 0 Å². The lowest BCUT2D eigenvalue weighted by molar-refractivity contribution is 0.455. The maximum absolute atomic E-state index is 4.81. The highest BCUT2D eigenvalue weighted by atomic mass is 15.0. The van der Waals surface area contributed by atoms with Crippen LogP contribution in [0.5, 0.6) is 0 Å². The highest BCUT2D eigenvalue weighted by Gasteiger charge is 2.18. The largest absolute Gasteiger partial charge is 0.367 e. The Labute approximate surface area is 109 Å². The minimum Gasteiger partial charge on any atom is -0.367 e. The van der Waals surface area contributed by atoms with Crippen LogP contribution < -0.4 is 10.6 Å². The zero-order valence-electron chi connectivity index (χ0n) is 11.0. The molecule has 0 bridgehead atoms. The van der Waals surface area contributed by atoms with Crippen LogP contribution in [0.2, 0.25) is 0 Å². The van der Waals surface area contributed by atoms with Crippen LogP contribution in [-0.2, 0) is 0 Å². The molecule has 1 aromatic rings. The Morgan fingerprint density at radius 1 is 1.11 bits per heavy atom. The fraction of sp³-hybridized carbons (Fsp3) is 0.667. The molecule has 1 aromatic heterocycles. The predicted octanol–water partition coefficient (Wildman–Crippen LogP) is 2.90. The van der Waals surface area contributed by atoms with Crippen molar-refractivity contribution in [2.24, 2.45) is 0 Å². The number of piperidine rings is 1. The minimum absolute atomic E-state index is 0.601. The lowest BCUT2D eigenvalue weighted by Gasteiger charge is -2.23. The standard InChI is InChI=1S/C15H23N3/c1-2-7-13(6-1)17-15-9-3-8-14(18-15)12-5-4-10-16-11-12/h3,8-9,12-13,16H,1-2,4-7,10-11H2,(H,17,18)/t12-/m1/s1. The van der Waals surface area contributed by atoms with Gasteiger partial charge in [0, 0.05) is 24.2 Å². The highest BCUT2D eigenvalue weighted by Crippen LogP contribution is 2.25. The molecule has 0 amide bonds. The van der Waals surface area contributed by atoms with Crippen molar-refractivity contribution in [3.63, 3.8) is 0 Å². The summed E-state index contributed by atoms with van der Waals surface area (Å²) in [6.07, 6.45) is 7.88. The van der Waals surface area contributed by atoms with Crippen LogP contribution in [0.4, 0.5) is 5.82 Å². The van der Waals surface area contributed by atoms with Crippen molar-refractivity contribution < 1.29 is 0 Å². The molecule has 0 aromatic carbocycles. The molecule has 18 heavy (non-hydrogen) atoms. The van der Waals surface area contributed by atoms with Crippen LogP contribution in [0, 0.1) is 0 Å². The normalized spacial score (nSPS) is 25.2.